The molecule has 152 valence electrons. The molecule has 0 spiro atoms. The molecule has 1 aliphatic rings. The first-order valence-corrected chi connectivity index (χ1v) is 10.1. The van der Waals surface area contributed by atoms with Crippen LogP contribution in [0.25, 0.3) is 5.70 Å². The SMILES string of the molecule is C=C(c1cccc(C#N)c1)N1CCn2nc(OCC(/C=C\C)=C/C)cc2C1.CC. The molecular weight excluding hydrogens is 360 g/mol. The molecule has 1 aromatic heterocycles. The molecule has 2 aromatic rings. The Kier molecular flexibility index (Phi) is 8.29. The largest absolute Gasteiger partial charge is 0.472 e. The van der Waals surface area contributed by atoms with Crippen LogP contribution in [0.1, 0.15) is 44.5 Å². The van der Waals surface area contributed by atoms with E-state index in [1.807, 2.05) is 74.9 Å². The molecular formula is C24H30N4O. The summed E-state index contributed by atoms with van der Waals surface area (Å²) in [6.45, 7) is 15.1. The molecule has 5 nitrogen and oxygen atoms in total. The van der Waals surface area contributed by atoms with Crippen molar-refractivity contribution >= 4 is 5.70 Å². The Balaban J connectivity index is 0.00000145. The van der Waals surface area contributed by atoms with Crippen molar-refractivity contribution in [3.63, 3.8) is 0 Å². The fourth-order valence-corrected chi connectivity index (χ4v) is 3.09. The van der Waals surface area contributed by atoms with E-state index in [-0.39, 0.29) is 0 Å². The van der Waals surface area contributed by atoms with Gasteiger partial charge < -0.3 is 9.64 Å². The van der Waals surface area contributed by atoms with Crippen LogP contribution in [0.3, 0.4) is 0 Å². The third kappa shape index (κ3) is 5.61. The molecule has 0 atom stereocenters. The number of rotatable bonds is 6. The summed E-state index contributed by atoms with van der Waals surface area (Å²) in [6, 6.07) is 11.7. The van der Waals surface area contributed by atoms with Crippen LogP contribution in [0, 0.1) is 11.3 Å². The van der Waals surface area contributed by atoms with Gasteiger partial charge in [-0.1, -0.05) is 50.8 Å². The summed E-state index contributed by atoms with van der Waals surface area (Å²) >= 11 is 0. The Bertz CT molecular complexity index is 931. The van der Waals surface area contributed by atoms with Crippen LogP contribution in [0.4, 0.5) is 0 Å². The molecule has 0 saturated carbocycles. The summed E-state index contributed by atoms with van der Waals surface area (Å²) in [5, 5.41) is 13.7. The summed E-state index contributed by atoms with van der Waals surface area (Å²) in [6.07, 6.45) is 6.08. The zero-order valence-corrected chi connectivity index (χ0v) is 17.9. The molecule has 0 N–H and O–H groups in total. The van der Waals surface area contributed by atoms with E-state index in [0.29, 0.717) is 18.1 Å². The first kappa shape index (κ1) is 22.0. The van der Waals surface area contributed by atoms with Gasteiger partial charge in [-0.2, -0.15) is 5.26 Å². The minimum Gasteiger partial charge on any atom is -0.472 e. The molecule has 2 heterocycles. The minimum absolute atomic E-state index is 0.509. The Labute approximate surface area is 174 Å². The number of nitrogens with zero attached hydrogens (tertiary/aromatic N) is 4. The van der Waals surface area contributed by atoms with Crippen LogP contribution in [-0.4, -0.2) is 27.8 Å². The summed E-state index contributed by atoms with van der Waals surface area (Å²) in [7, 11) is 0. The van der Waals surface area contributed by atoms with Crippen LogP contribution < -0.4 is 4.74 Å². The van der Waals surface area contributed by atoms with Gasteiger partial charge in [0.05, 0.1) is 30.4 Å². The number of benzene rings is 1. The van der Waals surface area contributed by atoms with Gasteiger partial charge in [0.2, 0.25) is 5.88 Å². The first-order chi connectivity index (χ1) is 14.1. The van der Waals surface area contributed by atoms with Crippen LogP contribution in [0.2, 0.25) is 0 Å². The van der Waals surface area contributed by atoms with E-state index < -0.39 is 0 Å². The van der Waals surface area contributed by atoms with Crippen molar-refractivity contribution in [3.05, 3.63) is 77.5 Å². The zero-order valence-electron chi connectivity index (χ0n) is 17.9. The summed E-state index contributed by atoms with van der Waals surface area (Å²) < 4.78 is 7.84. The Morgan fingerprint density at radius 3 is 2.76 bits per heavy atom. The second-order valence-electron chi connectivity index (χ2n) is 6.41. The number of nitriles is 1. The second kappa shape index (κ2) is 10.9. The van der Waals surface area contributed by atoms with Crippen LogP contribution in [0.15, 0.2) is 60.7 Å². The van der Waals surface area contributed by atoms with Gasteiger partial charge in [0.1, 0.15) is 6.61 Å². The highest BCUT2D eigenvalue weighted by Crippen LogP contribution is 2.25. The molecule has 1 aliphatic heterocycles. The van der Waals surface area contributed by atoms with Gasteiger partial charge >= 0.3 is 0 Å². The van der Waals surface area contributed by atoms with Crippen molar-refractivity contribution in [1.29, 1.82) is 5.26 Å². The van der Waals surface area contributed by atoms with Gasteiger partial charge in [0.15, 0.2) is 0 Å². The van der Waals surface area contributed by atoms with Crippen molar-refractivity contribution < 1.29 is 4.74 Å². The lowest BCUT2D eigenvalue weighted by atomic mass is 10.1. The summed E-state index contributed by atoms with van der Waals surface area (Å²) in [5.41, 5.74) is 4.76. The fourth-order valence-electron chi connectivity index (χ4n) is 3.09. The normalized spacial score (nSPS) is 13.3. The maximum Gasteiger partial charge on any atom is 0.233 e. The number of hydrogen-bond acceptors (Lipinski definition) is 4. The van der Waals surface area contributed by atoms with E-state index in [4.69, 9.17) is 10.00 Å². The lowest BCUT2D eigenvalue weighted by molar-refractivity contribution is 0.297. The van der Waals surface area contributed by atoms with Crippen molar-refractivity contribution in [2.45, 2.75) is 40.8 Å². The lowest BCUT2D eigenvalue weighted by Gasteiger charge is -2.31. The zero-order chi connectivity index (χ0) is 21.2. The monoisotopic (exact) mass is 390 g/mol. The second-order valence-corrected chi connectivity index (χ2v) is 6.41. The molecule has 0 amide bonds. The number of aromatic nitrogens is 2. The third-order valence-electron chi connectivity index (χ3n) is 4.62. The first-order valence-electron chi connectivity index (χ1n) is 10.1. The highest BCUT2D eigenvalue weighted by atomic mass is 16.5. The maximum absolute atomic E-state index is 9.10. The number of hydrogen-bond donors (Lipinski definition) is 0. The quantitative estimate of drug-likeness (QED) is 0.639. The molecule has 1 aromatic carbocycles. The van der Waals surface area contributed by atoms with E-state index in [1.54, 1.807) is 6.07 Å². The van der Waals surface area contributed by atoms with Crippen LogP contribution in [-0.2, 0) is 13.1 Å². The topological polar surface area (TPSA) is 54.1 Å². The predicted octanol–water partition coefficient (Wildman–Crippen LogP) is 5.17. The number of fused-ring (bicyclic) bond motifs is 1. The average molecular weight is 391 g/mol. The van der Waals surface area contributed by atoms with E-state index in [0.717, 1.165) is 42.2 Å². The summed E-state index contributed by atoms with van der Waals surface area (Å²) in [5.74, 6) is 0.646. The van der Waals surface area contributed by atoms with Gasteiger partial charge in [-0.05, 0) is 37.1 Å². The Morgan fingerprint density at radius 1 is 1.28 bits per heavy atom. The predicted molar refractivity (Wildman–Crippen MR) is 118 cm³/mol. The molecule has 0 saturated heterocycles. The molecule has 0 unspecified atom stereocenters. The Morgan fingerprint density at radius 2 is 2.07 bits per heavy atom. The van der Waals surface area contributed by atoms with Crippen molar-refractivity contribution in [2.75, 3.05) is 13.2 Å². The Hall–Kier alpha value is -3.26. The minimum atomic E-state index is 0.509. The van der Waals surface area contributed by atoms with E-state index in [1.165, 1.54) is 0 Å². The van der Waals surface area contributed by atoms with E-state index in [2.05, 4.69) is 22.6 Å². The van der Waals surface area contributed by atoms with Crippen LogP contribution >= 0.6 is 0 Å². The van der Waals surface area contributed by atoms with Gasteiger partial charge in [0.25, 0.3) is 0 Å². The molecule has 29 heavy (non-hydrogen) atoms. The van der Waals surface area contributed by atoms with Gasteiger partial charge in [-0.25, -0.2) is 0 Å². The summed E-state index contributed by atoms with van der Waals surface area (Å²) in [4.78, 5) is 2.22. The highest BCUT2D eigenvalue weighted by molar-refractivity contribution is 5.63. The van der Waals surface area contributed by atoms with Crippen molar-refractivity contribution in [1.82, 2.24) is 14.7 Å². The van der Waals surface area contributed by atoms with Gasteiger partial charge in [0, 0.05) is 18.3 Å². The third-order valence-corrected chi connectivity index (χ3v) is 4.62. The molecule has 3 rings (SSSR count). The highest BCUT2D eigenvalue weighted by Gasteiger charge is 2.20. The molecule has 0 fully saturated rings. The fraction of sp³-hybridized carbons (Fsp3) is 0.333. The van der Waals surface area contributed by atoms with Crippen molar-refractivity contribution in [3.8, 4) is 11.9 Å². The van der Waals surface area contributed by atoms with Crippen LogP contribution in [0.5, 0.6) is 5.88 Å². The maximum atomic E-state index is 9.10. The van der Waals surface area contributed by atoms with Crippen molar-refractivity contribution in [2.24, 2.45) is 0 Å². The average Bonchev–Trinajstić information content (AvgIpc) is 3.19. The molecule has 0 radical (unpaired) electrons. The smallest absolute Gasteiger partial charge is 0.233 e. The number of allylic oxidation sites excluding steroid dienone is 2. The molecule has 0 bridgehead atoms. The number of ether oxygens (including phenoxy) is 1. The molecule has 5 heteroatoms. The van der Waals surface area contributed by atoms with E-state index >= 15 is 0 Å². The standard InChI is InChI=1S/C22H24N4O.C2H6/c1-4-7-18(5-2)16-27-22-13-21-15-25(10-11-26(21)24-22)17(3)20-9-6-8-19(12-20)14-23;1-2/h4-9,12-13H,3,10-11,15-16H2,1-2H3;1-2H3/b7-4-,18-5+;. The van der Waals surface area contributed by atoms with E-state index in [9.17, 15) is 0 Å². The molecule has 0 aliphatic carbocycles. The lowest BCUT2D eigenvalue weighted by Crippen LogP contribution is -2.32. The van der Waals surface area contributed by atoms with Gasteiger partial charge in [-0.15, -0.1) is 5.10 Å². The van der Waals surface area contributed by atoms with Gasteiger partial charge in [-0.3, -0.25) is 4.68 Å².